The molecule has 0 spiro atoms. The van der Waals surface area contributed by atoms with E-state index in [1.165, 1.54) is 6.20 Å². The summed E-state index contributed by atoms with van der Waals surface area (Å²) in [6.07, 6.45) is 0.466. The summed E-state index contributed by atoms with van der Waals surface area (Å²) in [6.45, 7) is -0.506. The number of nitrogens with two attached hydrogens (primary N) is 1. The highest BCUT2D eigenvalue weighted by atomic mass is 16.3. The minimum atomic E-state index is -1.03. The molecule has 1 atom stereocenters. The Balaban J connectivity index is 1.72. The molecule has 152 valence electrons. The third-order valence-corrected chi connectivity index (χ3v) is 4.62. The Hall–Kier alpha value is -3.75. The first-order valence-electron chi connectivity index (χ1n) is 9.35. The van der Waals surface area contributed by atoms with E-state index in [4.69, 9.17) is 15.3 Å². The topological polar surface area (TPSA) is 134 Å². The Kier molecular flexibility index (Phi) is 5.42. The van der Waals surface area contributed by atoms with Crippen LogP contribution in [0.5, 0.6) is 0 Å². The minimum Gasteiger partial charge on any atom is -0.454 e. The van der Waals surface area contributed by atoms with Gasteiger partial charge in [0.15, 0.2) is 11.6 Å². The second-order valence-corrected chi connectivity index (χ2v) is 6.73. The summed E-state index contributed by atoms with van der Waals surface area (Å²) < 4.78 is 5.87. The highest BCUT2D eigenvalue weighted by Gasteiger charge is 2.18. The number of nitrogens with one attached hydrogen (secondary N) is 1. The maximum Gasteiger partial charge on any atom is 0.252 e. The summed E-state index contributed by atoms with van der Waals surface area (Å²) in [5, 5.41) is 21.9. The molecule has 0 saturated heterocycles. The summed E-state index contributed by atoms with van der Waals surface area (Å²) >= 11 is 0. The van der Waals surface area contributed by atoms with Crippen molar-refractivity contribution in [3.8, 4) is 22.7 Å². The van der Waals surface area contributed by atoms with Crippen LogP contribution in [0.15, 0.2) is 65.2 Å². The summed E-state index contributed by atoms with van der Waals surface area (Å²) in [5.74, 6) is 0.295. The van der Waals surface area contributed by atoms with Gasteiger partial charge in [-0.05, 0) is 18.2 Å². The standard InChI is InChI=1S/C22H20N4O4/c23-21-20(19-9-13-5-1-4-8-18(13)30-19)26-17(11-24-21)15-6-2-3-7-16(15)22(29)25-10-14(28)12-27/h1-9,11,14,27-28H,10,12H2,(H2,23,24)(H,25,29). The van der Waals surface area contributed by atoms with Gasteiger partial charge in [0.2, 0.25) is 0 Å². The van der Waals surface area contributed by atoms with E-state index in [1.54, 1.807) is 24.3 Å². The van der Waals surface area contributed by atoms with Crippen LogP contribution in [0.2, 0.25) is 0 Å². The van der Waals surface area contributed by atoms with Crippen molar-refractivity contribution in [2.24, 2.45) is 0 Å². The molecule has 0 saturated carbocycles. The van der Waals surface area contributed by atoms with Crippen molar-refractivity contribution in [1.82, 2.24) is 15.3 Å². The number of rotatable bonds is 6. The number of anilines is 1. The largest absolute Gasteiger partial charge is 0.454 e. The zero-order valence-corrected chi connectivity index (χ0v) is 15.9. The zero-order valence-electron chi connectivity index (χ0n) is 15.9. The number of para-hydroxylation sites is 1. The van der Waals surface area contributed by atoms with Gasteiger partial charge in [-0.1, -0.05) is 36.4 Å². The molecule has 0 aliphatic heterocycles. The van der Waals surface area contributed by atoms with Crippen LogP contribution < -0.4 is 11.1 Å². The lowest BCUT2D eigenvalue weighted by atomic mass is 10.0. The molecule has 0 fully saturated rings. The Bertz CT molecular complexity index is 1170. The number of carbonyl (C=O) groups is 1. The normalized spacial score (nSPS) is 12.1. The van der Waals surface area contributed by atoms with E-state index in [2.05, 4.69) is 15.3 Å². The lowest BCUT2D eigenvalue weighted by molar-refractivity contribution is 0.0802. The third-order valence-electron chi connectivity index (χ3n) is 4.62. The molecule has 8 nitrogen and oxygen atoms in total. The van der Waals surface area contributed by atoms with Crippen LogP contribution in [0.3, 0.4) is 0 Å². The van der Waals surface area contributed by atoms with Gasteiger partial charge in [0.1, 0.15) is 11.3 Å². The summed E-state index contributed by atoms with van der Waals surface area (Å²) in [6, 6.07) is 16.3. The van der Waals surface area contributed by atoms with Crippen molar-refractivity contribution in [3.63, 3.8) is 0 Å². The molecule has 0 bridgehead atoms. The lowest BCUT2D eigenvalue weighted by Crippen LogP contribution is -2.34. The smallest absolute Gasteiger partial charge is 0.252 e. The van der Waals surface area contributed by atoms with Crippen LogP contribution >= 0.6 is 0 Å². The SMILES string of the molecule is Nc1ncc(-c2ccccc2C(=O)NCC(O)CO)nc1-c1cc2ccccc2o1. The average molecular weight is 404 g/mol. The fourth-order valence-corrected chi connectivity index (χ4v) is 3.08. The first kappa shape index (κ1) is 19.6. The molecule has 5 N–H and O–H groups in total. The van der Waals surface area contributed by atoms with Gasteiger partial charge in [-0.3, -0.25) is 4.79 Å². The molecule has 0 radical (unpaired) electrons. The number of hydrogen-bond acceptors (Lipinski definition) is 7. The van der Waals surface area contributed by atoms with E-state index >= 15 is 0 Å². The van der Waals surface area contributed by atoms with Gasteiger partial charge >= 0.3 is 0 Å². The molecule has 4 rings (SSSR count). The van der Waals surface area contributed by atoms with Crippen LogP contribution in [0.4, 0.5) is 5.82 Å². The number of aliphatic hydroxyl groups excluding tert-OH is 2. The van der Waals surface area contributed by atoms with Crippen molar-refractivity contribution in [2.45, 2.75) is 6.10 Å². The van der Waals surface area contributed by atoms with Crippen molar-refractivity contribution in [3.05, 3.63) is 66.4 Å². The predicted molar refractivity (Wildman–Crippen MR) is 113 cm³/mol. The molecule has 4 aromatic rings. The fraction of sp³-hybridized carbons (Fsp3) is 0.136. The Morgan fingerprint density at radius 1 is 1.17 bits per heavy atom. The Labute approximate surface area is 172 Å². The van der Waals surface area contributed by atoms with Gasteiger partial charge < -0.3 is 25.7 Å². The van der Waals surface area contributed by atoms with Gasteiger partial charge in [0.25, 0.3) is 5.91 Å². The van der Waals surface area contributed by atoms with Crippen molar-refractivity contribution < 1.29 is 19.4 Å². The number of benzene rings is 2. The molecular weight excluding hydrogens is 384 g/mol. The van der Waals surface area contributed by atoms with Crippen molar-refractivity contribution >= 4 is 22.7 Å². The van der Waals surface area contributed by atoms with Gasteiger partial charge in [0, 0.05) is 23.1 Å². The van der Waals surface area contributed by atoms with E-state index < -0.39 is 18.6 Å². The number of furan rings is 1. The maximum atomic E-state index is 12.6. The lowest BCUT2D eigenvalue weighted by Gasteiger charge is -2.12. The molecule has 2 heterocycles. The highest BCUT2D eigenvalue weighted by molar-refractivity contribution is 6.00. The molecule has 0 aliphatic rings. The van der Waals surface area contributed by atoms with E-state index in [9.17, 15) is 9.90 Å². The van der Waals surface area contributed by atoms with E-state index in [0.29, 0.717) is 33.9 Å². The van der Waals surface area contributed by atoms with Gasteiger partial charge in [-0.25, -0.2) is 9.97 Å². The molecule has 30 heavy (non-hydrogen) atoms. The van der Waals surface area contributed by atoms with Crippen LogP contribution in [-0.4, -0.2) is 45.3 Å². The number of aliphatic hydroxyl groups is 2. The first-order chi connectivity index (χ1) is 14.6. The number of aromatic nitrogens is 2. The number of carbonyl (C=O) groups excluding carboxylic acids is 1. The van der Waals surface area contributed by atoms with Gasteiger partial charge in [-0.2, -0.15) is 0 Å². The number of nitrogen functional groups attached to an aromatic ring is 1. The minimum absolute atomic E-state index is 0.0681. The van der Waals surface area contributed by atoms with Crippen LogP contribution in [0, 0.1) is 0 Å². The predicted octanol–water partition coefficient (Wildman–Crippen LogP) is 2.22. The molecule has 2 aromatic heterocycles. The second kappa shape index (κ2) is 8.32. The number of amides is 1. The quantitative estimate of drug-likeness (QED) is 0.387. The average Bonchev–Trinajstić information content (AvgIpc) is 3.21. The van der Waals surface area contributed by atoms with Crippen LogP contribution in [0.1, 0.15) is 10.4 Å². The second-order valence-electron chi connectivity index (χ2n) is 6.73. The van der Waals surface area contributed by atoms with Crippen LogP contribution in [-0.2, 0) is 0 Å². The molecule has 8 heteroatoms. The zero-order chi connectivity index (χ0) is 21.1. The number of nitrogens with zero attached hydrogens (tertiary/aromatic N) is 2. The fourth-order valence-electron chi connectivity index (χ4n) is 3.08. The summed E-state index contributed by atoms with van der Waals surface area (Å²) in [4.78, 5) is 21.5. The van der Waals surface area contributed by atoms with E-state index in [1.807, 2.05) is 30.3 Å². The monoisotopic (exact) mass is 404 g/mol. The first-order valence-corrected chi connectivity index (χ1v) is 9.35. The number of hydrogen-bond donors (Lipinski definition) is 4. The Morgan fingerprint density at radius 3 is 2.73 bits per heavy atom. The van der Waals surface area contributed by atoms with Gasteiger partial charge in [-0.15, -0.1) is 0 Å². The van der Waals surface area contributed by atoms with E-state index in [0.717, 1.165) is 5.39 Å². The molecule has 2 aromatic carbocycles. The van der Waals surface area contributed by atoms with Crippen molar-refractivity contribution in [1.29, 1.82) is 0 Å². The van der Waals surface area contributed by atoms with E-state index in [-0.39, 0.29) is 12.4 Å². The molecular formula is C22H20N4O4. The molecule has 1 unspecified atom stereocenters. The maximum absolute atomic E-state index is 12.6. The summed E-state index contributed by atoms with van der Waals surface area (Å²) in [7, 11) is 0. The summed E-state index contributed by atoms with van der Waals surface area (Å²) in [5.41, 5.74) is 8.51. The van der Waals surface area contributed by atoms with Crippen LogP contribution in [0.25, 0.3) is 33.7 Å². The molecule has 1 amide bonds. The third kappa shape index (κ3) is 3.86. The number of fused-ring (bicyclic) bond motifs is 1. The highest BCUT2D eigenvalue weighted by Crippen LogP contribution is 2.31. The van der Waals surface area contributed by atoms with Crippen molar-refractivity contribution in [2.75, 3.05) is 18.9 Å². The van der Waals surface area contributed by atoms with Gasteiger partial charge in [0.05, 0.1) is 24.6 Å². The molecule has 0 aliphatic carbocycles. The Morgan fingerprint density at radius 2 is 1.93 bits per heavy atom.